The van der Waals surface area contributed by atoms with Crippen LogP contribution in [-0.4, -0.2) is 29.4 Å². The number of alkyl halides is 3. The van der Waals surface area contributed by atoms with Crippen LogP contribution in [0.1, 0.15) is 11.3 Å². The van der Waals surface area contributed by atoms with Crippen molar-refractivity contribution in [1.82, 2.24) is 29.4 Å². The maximum atomic E-state index is 12.8. The van der Waals surface area contributed by atoms with Crippen LogP contribution in [0.4, 0.5) is 19.1 Å². The van der Waals surface area contributed by atoms with Crippen LogP contribution >= 0.6 is 11.6 Å². The lowest BCUT2D eigenvalue weighted by Crippen LogP contribution is -2.20. The van der Waals surface area contributed by atoms with Crippen molar-refractivity contribution in [3.63, 3.8) is 0 Å². The van der Waals surface area contributed by atoms with Gasteiger partial charge >= 0.3 is 6.18 Å². The van der Waals surface area contributed by atoms with Crippen LogP contribution in [-0.2, 0) is 19.8 Å². The maximum absolute atomic E-state index is 12.8. The fraction of sp³-hybridized carbons (Fsp3) is 0.176. The molecule has 0 amide bonds. The van der Waals surface area contributed by atoms with Crippen LogP contribution in [0, 0.1) is 0 Å². The SMILES string of the molecule is Cn1ccc(-c2ccc(Cl)c(CNc3nc4[nH]c(C(F)(F)F)cc(=O)n4n3)c2)n1. The number of halogens is 4. The Bertz CT molecular complexity index is 1260. The maximum Gasteiger partial charge on any atom is 0.431 e. The van der Waals surface area contributed by atoms with E-state index in [2.05, 4.69) is 25.5 Å². The van der Waals surface area contributed by atoms with Crippen LogP contribution < -0.4 is 10.9 Å². The molecule has 0 unspecified atom stereocenters. The summed E-state index contributed by atoms with van der Waals surface area (Å²) in [7, 11) is 1.81. The number of benzene rings is 1. The van der Waals surface area contributed by atoms with E-state index < -0.39 is 17.4 Å². The lowest BCUT2D eigenvalue weighted by Gasteiger charge is -2.07. The number of hydrogen-bond acceptors (Lipinski definition) is 5. The molecular formula is C17H13ClF3N7O. The van der Waals surface area contributed by atoms with Gasteiger partial charge in [-0.05, 0) is 23.8 Å². The standard InChI is InChI=1S/C17H13ClF3N7O/c1-27-5-4-12(25-27)9-2-3-11(18)10(6-9)8-22-15-24-16-23-13(17(19,20)21)7-14(29)28(16)26-15/h2-7H,8H2,1H3,(H2,22,23,24,26). The second-order valence-corrected chi connectivity index (χ2v) is 6.63. The number of rotatable bonds is 4. The molecule has 0 radical (unpaired) electrons. The van der Waals surface area contributed by atoms with E-state index in [0.29, 0.717) is 16.7 Å². The molecule has 0 atom stereocenters. The minimum Gasteiger partial charge on any atom is -0.349 e. The van der Waals surface area contributed by atoms with Crippen molar-refractivity contribution in [3.8, 4) is 11.3 Å². The zero-order valence-corrected chi connectivity index (χ0v) is 15.6. The number of fused-ring (bicyclic) bond motifs is 1. The summed E-state index contributed by atoms with van der Waals surface area (Å²) in [5.74, 6) is -0.336. The van der Waals surface area contributed by atoms with Crippen molar-refractivity contribution in [3.05, 3.63) is 63.2 Å². The van der Waals surface area contributed by atoms with Crippen LogP contribution in [0.3, 0.4) is 0 Å². The van der Waals surface area contributed by atoms with Crippen molar-refractivity contribution >= 4 is 23.3 Å². The molecule has 3 aromatic heterocycles. The molecular weight excluding hydrogens is 411 g/mol. The zero-order valence-electron chi connectivity index (χ0n) is 14.8. The van der Waals surface area contributed by atoms with Gasteiger partial charge in [-0.3, -0.25) is 9.48 Å². The molecule has 8 nitrogen and oxygen atoms in total. The van der Waals surface area contributed by atoms with E-state index in [9.17, 15) is 18.0 Å². The highest BCUT2D eigenvalue weighted by Gasteiger charge is 2.33. The Kier molecular flexibility index (Phi) is 4.53. The van der Waals surface area contributed by atoms with Crippen molar-refractivity contribution in [1.29, 1.82) is 0 Å². The quantitative estimate of drug-likeness (QED) is 0.526. The number of anilines is 1. The van der Waals surface area contributed by atoms with Gasteiger partial charge in [0.2, 0.25) is 11.7 Å². The van der Waals surface area contributed by atoms with Gasteiger partial charge in [-0.2, -0.15) is 27.8 Å². The third-order valence-corrected chi connectivity index (χ3v) is 4.50. The largest absolute Gasteiger partial charge is 0.431 e. The highest BCUT2D eigenvalue weighted by molar-refractivity contribution is 6.31. The Labute approximate surface area is 166 Å². The van der Waals surface area contributed by atoms with Crippen LogP contribution in [0.5, 0.6) is 0 Å². The Balaban J connectivity index is 1.60. The van der Waals surface area contributed by atoms with E-state index in [-0.39, 0.29) is 18.3 Å². The monoisotopic (exact) mass is 423 g/mol. The molecule has 0 aliphatic heterocycles. The molecule has 3 heterocycles. The molecule has 2 N–H and O–H groups in total. The molecule has 0 saturated carbocycles. The smallest absolute Gasteiger partial charge is 0.349 e. The lowest BCUT2D eigenvalue weighted by molar-refractivity contribution is -0.141. The number of aromatic amines is 1. The third-order valence-electron chi connectivity index (χ3n) is 4.13. The van der Waals surface area contributed by atoms with E-state index in [0.717, 1.165) is 15.8 Å². The van der Waals surface area contributed by atoms with E-state index in [1.807, 2.05) is 31.4 Å². The van der Waals surface area contributed by atoms with E-state index in [1.165, 1.54) is 0 Å². The van der Waals surface area contributed by atoms with Crippen molar-refractivity contribution in [2.45, 2.75) is 12.7 Å². The number of nitrogens with one attached hydrogen (secondary N) is 2. The molecule has 0 saturated heterocycles. The Morgan fingerprint density at radius 3 is 2.69 bits per heavy atom. The summed E-state index contributed by atoms with van der Waals surface area (Å²) in [6.45, 7) is 0.191. The molecule has 0 aliphatic carbocycles. The molecule has 4 rings (SSSR count). The second-order valence-electron chi connectivity index (χ2n) is 6.22. The number of aryl methyl sites for hydroxylation is 1. The summed E-state index contributed by atoms with van der Waals surface area (Å²) in [5, 5.41) is 11.6. The Morgan fingerprint density at radius 2 is 2.00 bits per heavy atom. The summed E-state index contributed by atoms with van der Waals surface area (Å²) in [5.41, 5.74) is 0.180. The number of hydrogen-bond donors (Lipinski definition) is 2. The van der Waals surface area contributed by atoms with E-state index >= 15 is 0 Å². The van der Waals surface area contributed by atoms with Gasteiger partial charge in [0, 0.05) is 36.4 Å². The Hall–Kier alpha value is -3.34. The average molecular weight is 424 g/mol. The van der Waals surface area contributed by atoms with Gasteiger partial charge in [0.15, 0.2) is 0 Å². The molecule has 0 spiro atoms. The molecule has 0 aliphatic rings. The molecule has 0 fully saturated rings. The molecule has 150 valence electrons. The minimum atomic E-state index is -4.69. The first kappa shape index (κ1) is 19.0. The second kappa shape index (κ2) is 6.92. The van der Waals surface area contributed by atoms with Crippen LogP contribution in [0.25, 0.3) is 17.0 Å². The summed E-state index contributed by atoms with van der Waals surface area (Å²) in [4.78, 5) is 17.8. The van der Waals surface area contributed by atoms with Crippen molar-refractivity contribution < 1.29 is 13.2 Å². The van der Waals surface area contributed by atoms with Gasteiger partial charge in [0.25, 0.3) is 5.56 Å². The predicted molar refractivity (Wildman–Crippen MR) is 99.6 cm³/mol. The van der Waals surface area contributed by atoms with Gasteiger partial charge in [-0.25, -0.2) is 0 Å². The number of nitrogens with zero attached hydrogens (tertiary/aromatic N) is 5. The summed E-state index contributed by atoms with van der Waals surface area (Å²) < 4.78 is 40.9. The highest BCUT2D eigenvalue weighted by Crippen LogP contribution is 2.27. The molecule has 29 heavy (non-hydrogen) atoms. The zero-order chi connectivity index (χ0) is 20.8. The number of H-pyrrole nitrogens is 1. The van der Waals surface area contributed by atoms with Gasteiger partial charge in [0.1, 0.15) is 5.69 Å². The van der Waals surface area contributed by atoms with Crippen LogP contribution in [0.15, 0.2) is 41.3 Å². The highest BCUT2D eigenvalue weighted by atomic mass is 35.5. The van der Waals surface area contributed by atoms with Gasteiger partial charge in [-0.1, -0.05) is 17.7 Å². The first-order valence-corrected chi connectivity index (χ1v) is 8.68. The third kappa shape index (κ3) is 3.81. The van der Waals surface area contributed by atoms with E-state index in [1.54, 1.807) is 10.7 Å². The minimum absolute atomic E-state index is 0.0167. The molecule has 12 heteroatoms. The summed E-state index contributed by atoms with van der Waals surface area (Å²) in [6, 6.07) is 7.67. The Morgan fingerprint density at radius 1 is 1.21 bits per heavy atom. The fourth-order valence-electron chi connectivity index (χ4n) is 2.73. The first-order chi connectivity index (χ1) is 13.7. The molecule has 0 bridgehead atoms. The summed E-state index contributed by atoms with van der Waals surface area (Å²) in [6.07, 6.45) is -2.88. The molecule has 4 aromatic rings. The summed E-state index contributed by atoms with van der Waals surface area (Å²) >= 11 is 6.24. The van der Waals surface area contributed by atoms with Gasteiger partial charge in [0.05, 0.1) is 5.69 Å². The predicted octanol–water partition coefficient (Wildman–Crippen LogP) is 3.10. The topological polar surface area (TPSA) is 92.9 Å². The first-order valence-electron chi connectivity index (χ1n) is 8.30. The van der Waals surface area contributed by atoms with E-state index in [4.69, 9.17) is 11.6 Å². The normalized spacial score (nSPS) is 11.9. The van der Waals surface area contributed by atoms with Gasteiger partial charge in [-0.15, -0.1) is 5.10 Å². The lowest BCUT2D eigenvalue weighted by atomic mass is 10.1. The van der Waals surface area contributed by atoms with Crippen molar-refractivity contribution in [2.75, 3.05) is 5.32 Å². The average Bonchev–Trinajstić information content (AvgIpc) is 3.26. The fourth-order valence-corrected chi connectivity index (χ4v) is 2.91. The van der Waals surface area contributed by atoms with Gasteiger partial charge < -0.3 is 10.3 Å². The molecule has 1 aromatic carbocycles. The number of aromatic nitrogens is 6. The van der Waals surface area contributed by atoms with Crippen LogP contribution in [0.2, 0.25) is 5.02 Å². The van der Waals surface area contributed by atoms with Crippen molar-refractivity contribution in [2.24, 2.45) is 7.05 Å².